The van der Waals surface area contributed by atoms with Gasteiger partial charge in [-0.1, -0.05) is 13.8 Å². The van der Waals surface area contributed by atoms with Crippen molar-refractivity contribution in [3.63, 3.8) is 0 Å². The van der Waals surface area contributed by atoms with Gasteiger partial charge < -0.3 is 15.3 Å². The molecule has 0 saturated heterocycles. The van der Waals surface area contributed by atoms with Gasteiger partial charge >= 0.3 is 5.97 Å². The summed E-state index contributed by atoms with van der Waals surface area (Å²) in [4.78, 5) is 13.0. The lowest BCUT2D eigenvalue weighted by Crippen LogP contribution is -2.34. The molecule has 0 radical (unpaired) electrons. The monoisotopic (exact) mass is 264 g/mol. The van der Waals surface area contributed by atoms with Crippen LogP contribution in [0.15, 0.2) is 18.2 Å². The van der Waals surface area contributed by atoms with Crippen molar-refractivity contribution < 1.29 is 9.90 Å². The van der Waals surface area contributed by atoms with Crippen LogP contribution in [0.5, 0.6) is 0 Å². The molecule has 0 aliphatic carbocycles. The van der Waals surface area contributed by atoms with Crippen LogP contribution in [-0.4, -0.2) is 43.2 Å². The summed E-state index contributed by atoms with van der Waals surface area (Å²) in [5, 5.41) is 12.3. The van der Waals surface area contributed by atoms with Gasteiger partial charge in [0, 0.05) is 18.8 Å². The summed E-state index contributed by atoms with van der Waals surface area (Å²) >= 11 is 0. The lowest BCUT2D eigenvalue weighted by Gasteiger charge is -2.29. The van der Waals surface area contributed by atoms with Crippen LogP contribution in [0.1, 0.15) is 29.8 Å². The van der Waals surface area contributed by atoms with Crippen LogP contribution in [0, 0.1) is 12.3 Å². The van der Waals surface area contributed by atoms with Crippen molar-refractivity contribution >= 4 is 11.7 Å². The van der Waals surface area contributed by atoms with E-state index in [1.165, 1.54) is 0 Å². The van der Waals surface area contributed by atoms with Crippen molar-refractivity contribution in [3.05, 3.63) is 29.3 Å². The number of carboxylic acids is 1. The molecule has 0 fully saturated rings. The van der Waals surface area contributed by atoms with Crippen LogP contribution in [-0.2, 0) is 0 Å². The Balaban J connectivity index is 2.71. The molecule has 1 aromatic rings. The second-order valence-corrected chi connectivity index (χ2v) is 6.09. The number of hydrogen-bond donors (Lipinski definition) is 2. The summed E-state index contributed by atoms with van der Waals surface area (Å²) in [6.07, 6.45) is 0. The molecule has 0 bridgehead atoms. The van der Waals surface area contributed by atoms with E-state index in [1.807, 2.05) is 13.0 Å². The lowest BCUT2D eigenvalue weighted by molar-refractivity contribution is 0.0697. The fraction of sp³-hybridized carbons (Fsp3) is 0.533. The molecular weight excluding hydrogens is 240 g/mol. The fourth-order valence-corrected chi connectivity index (χ4v) is 2.24. The first-order valence-corrected chi connectivity index (χ1v) is 6.44. The average Bonchev–Trinajstić information content (AvgIpc) is 2.25. The largest absolute Gasteiger partial charge is 0.478 e. The molecule has 106 valence electrons. The lowest BCUT2D eigenvalue weighted by atomic mass is 9.92. The molecule has 0 amide bonds. The summed E-state index contributed by atoms with van der Waals surface area (Å²) in [5.74, 6) is -0.886. The maximum atomic E-state index is 10.9. The van der Waals surface area contributed by atoms with Crippen molar-refractivity contribution in [1.82, 2.24) is 4.90 Å². The number of carboxylic acid groups (broad SMARTS) is 1. The molecule has 0 unspecified atom stereocenters. The van der Waals surface area contributed by atoms with E-state index in [0.29, 0.717) is 5.56 Å². The Morgan fingerprint density at radius 2 is 2.00 bits per heavy atom. The second kappa shape index (κ2) is 6.06. The van der Waals surface area contributed by atoms with Crippen molar-refractivity contribution in [3.8, 4) is 0 Å². The number of nitrogens with one attached hydrogen (secondary N) is 1. The number of rotatable bonds is 6. The highest BCUT2D eigenvalue weighted by molar-refractivity contribution is 5.88. The Morgan fingerprint density at radius 3 is 2.47 bits per heavy atom. The first-order valence-electron chi connectivity index (χ1n) is 6.44. The minimum absolute atomic E-state index is 0.154. The summed E-state index contributed by atoms with van der Waals surface area (Å²) < 4.78 is 0. The van der Waals surface area contributed by atoms with Gasteiger partial charge in [-0.05, 0) is 50.2 Å². The van der Waals surface area contributed by atoms with Gasteiger partial charge in [-0.3, -0.25) is 0 Å². The van der Waals surface area contributed by atoms with Crippen LogP contribution in [0.4, 0.5) is 5.69 Å². The van der Waals surface area contributed by atoms with Crippen molar-refractivity contribution in [2.75, 3.05) is 32.5 Å². The zero-order valence-corrected chi connectivity index (χ0v) is 12.4. The molecule has 0 atom stereocenters. The molecule has 4 nitrogen and oxygen atoms in total. The minimum atomic E-state index is -0.886. The molecular formula is C15H24N2O2. The van der Waals surface area contributed by atoms with Gasteiger partial charge in [-0.2, -0.15) is 0 Å². The normalized spacial score (nSPS) is 11.7. The number of carbonyl (C=O) groups is 1. The molecule has 0 aromatic heterocycles. The molecule has 4 heteroatoms. The van der Waals surface area contributed by atoms with Gasteiger partial charge in [0.15, 0.2) is 0 Å². The van der Waals surface area contributed by atoms with E-state index in [0.717, 1.165) is 24.3 Å². The van der Waals surface area contributed by atoms with E-state index in [-0.39, 0.29) is 5.41 Å². The number of aryl methyl sites for hydroxylation is 1. The number of benzene rings is 1. The van der Waals surface area contributed by atoms with E-state index >= 15 is 0 Å². The highest BCUT2D eigenvalue weighted by Gasteiger charge is 2.19. The van der Waals surface area contributed by atoms with Crippen molar-refractivity contribution in [2.45, 2.75) is 20.8 Å². The molecule has 1 rings (SSSR count). The van der Waals surface area contributed by atoms with Gasteiger partial charge in [0.25, 0.3) is 0 Å². The summed E-state index contributed by atoms with van der Waals surface area (Å²) in [7, 11) is 4.13. The van der Waals surface area contributed by atoms with Crippen molar-refractivity contribution in [1.29, 1.82) is 0 Å². The van der Waals surface area contributed by atoms with Gasteiger partial charge in [0.1, 0.15) is 0 Å². The third-order valence-corrected chi connectivity index (χ3v) is 2.98. The smallest absolute Gasteiger partial charge is 0.335 e. The highest BCUT2D eigenvalue weighted by Crippen LogP contribution is 2.21. The van der Waals surface area contributed by atoms with Crippen LogP contribution >= 0.6 is 0 Å². The van der Waals surface area contributed by atoms with Crippen LogP contribution < -0.4 is 5.32 Å². The molecule has 1 aromatic carbocycles. The second-order valence-electron chi connectivity index (χ2n) is 6.09. The Kier molecular flexibility index (Phi) is 4.95. The maximum absolute atomic E-state index is 10.9. The molecule has 19 heavy (non-hydrogen) atoms. The van der Waals surface area contributed by atoms with Gasteiger partial charge in [0.05, 0.1) is 5.56 Å². The Bertz CT molecular complexity index is 453. The Hall–Kier alpha value is -1.55. The van der Waals surface area contributed by atoms with E-state index in [4.69, 9.17) is 5.11 Å². The van der Waals surface area contributed by atoms with Crippen LogP contribution in [0.2, 0.25) is 0 Å². The van der Waals surface area contributed by atoms with E-state index in [1.54, 1.807) is 12.1 Å². The minimum Gasteiger partial charge on any atom is -0.478 e. The van der Waals surface area contributed by atoms with Gasteiger partial charge in [-0.15, -0.1) is 0 Å². The number of aromatic carboxylic acids is 1. The standard InChI is InChI=1S/C15H24N2O2/c1-11-8-12(14(18)19)6-7-13(11)16-9-15(2,3)10-17(4)5/h6-8,16H,9-10H2,1-5H3,(H,18,19). The topological polar surface area (TPSA) is 52.6 Å². The predicted molar refractivity (Wildman–Crippen MR) is 79.0 cm³/mol. The highest BCUT2D eigenvalue weighted by atomic mass is 16.4. The summed E-state index contributed by atoms with van der Waals surface area (Å²) in [6.45, 7) is 8.18. The zero-order chi connectivity index (χ0) is 14.6. The van der Waals surface area contributed by atoms with Crippen molar-refractivity contribution in [2.24, 2.45) is 5.41 Å². The molecule has 0 heterocycles. The predicted octanol–water partition coefficient (Wildman–Crippen LogP) is 2.69. The number of anilines is 1. The first-order chi connectivity index (χ1) is 8.71. The summed E-state index contributed by atoms with van der Waals surface area (Å²) in [5.41, 5.74) is 2.44. The van der Waals surface area contributed by atoms with Crippen LogP contribution in [0.3, 0.4) is 0 Å². The quantitative estimate of drug-likeness (QED) is 0.829. The van der Waals surface area contributed by atoms with E-state index < -0.39 is 5.97 Å². The molecule has 0 aliphatic heterocycles. The Morgan fingerprint density at radius 1 is 1.37 bits per heavy atom. The molecule has 2 N–H and O–H groups in total. The number of nitrogens with zero attached hydrogens (tertiary/aromatic N) is 1. The van der Waals surface area contributed by atoms with Gasteiger partial charge in [-0.25, -0.2) is 4.79 Å². The third kappa shape index (κ3) is 4.91. The van der Waals surface area contributed by atoms with Crippen LogP contribution in [0.25, 0.3) is 0 Å². The van der Waals surface area contributed by atoms with E-state index in [2.05, 4.69) is 38.2 Å². The molecule has 0 aliphatic rings. The molecule has 0 saturated carbocycles. The maximum Gasteiger partial charge on any atom is 0.335 e. The SMILES string of the molecule is Cc1cc(C(=O)O)ccc1NCC(C)(C)CN(C)C. The Labute approximate surface area is 115 Å². The van der Waals surface area contributed by atoms with E-state index in [9.17, 15) is 4.79 Å². The fourth-order valence-electron chi connectivity index (χ4n) is 2.24. The summed E-state index contributed by atoms with van der Waals surface area (Å²) in [6, 6.07) is 5.17. The average molecular weight is 264 g/mol. The third-order valence-electron chi connectivity index (χ3n) is 2.98. The van der Waals surface area contributed by atoms with Gasteiger partial charge in [0.2, 0.25) is 0 Å². The number of hydrogen-bond acceptors (Lipinski definition) is 3. The molecule has 0 spiro atoms. The first kappa shape index (κ1) is 15.5. The zero-order valence-electron chi connectivity index (χ0n) is 12.4.